The number of rotatable bonds is 11. The zero-order chi connectivity index (χ0) is 27.9. The van der Waals surface area contributed by atoms with Gasteiger partial charge in [0.15, 0.2) is 0 Å². The van der Waals surface area contributed by atoms with Crippen LogP contribution in [-0.2, 0) is 16.1 Å². The highest BCUT2D eigenvalue weighted by molar-refractivity contribution is 5.90. The zero-order valence-electron chi connectivity index (χ0n) is 24.8. The van der Waals surface area contributed by atoms with Crippen molar-refractivity contribution >= 4 is 11.8 Å². The first-order chi connectivity index (χ1) is 18.7. The van der Waals surface area contributed by atoms with Crippen LogP contribution in [0, 0.1) is 23.6 Å². The van der Waals surface area contributed by atoms with E-state index in [1.165, 1.54) is 51.0 Å². The van der Waals surface area contributed by atoms with E-state index in [-0.39, 0.29) is 29.7 Å². The van der Waals surface area contributed by atoms with Gasteiger partial charge in [-0.05, 0) is 100 Å². The number of nitrogens with zero attached hydrogens (tertiary/aromatic N) is 4. The minimum Gasteiger partial charge on any atom is -0.341 e. The Bertz CT molecular complexity index is 923. The average Bonchev–Trinajstić information content (AvgIpc) is 3.43. The molecule has 39 heavy (non-hydrogen) atoms. The predicted octanol–water partition coefficient (Wildman–Crippen LogP) is 5.02. The van der Waals surface area contributed by atoms with Gasteiger partial charge in [-0.25, -0.2) is 4.39 Å². The molecule has 0 spiro atoms. The summed E-state index contributed by atoms with van der Waals surface area (Å²) in [6.45, 7) is 15.8. The number of amides is 2. The van der Waals surface area contributed by atoms with E-state index >= 15 is 0 Å². The largest absolute Gasteiger partial charge is 0.341 e. The fraction of sp³-hybridized carbons (Fsp3) is 0.750. The van der Waals surface area contributed by atoms with E-state index in [9.17, 15) is 14.0 Å². The van der Waals surface area contributed by atoms with Gasteiger partial charge in [0.05, 0.1) is 6.04 Å². The van der Waals surface area contributed by atoms with Crippen molar-refractivity contribution in [3.63, 3.8) is 0 Å². The van der Waals surface area contributed by atoms with Crippen LogP contribution < -0.4 is 0 Å². The average molecular weight is 543 g/mol. The summed E-state index contributed by atoms with van der Waals surface area (Å²) in [5.74, 6) is 1.36. The van der Waals surface area contributed by atoms with Crippen LogP contribution in [-0.4, -0.2) is 89.3 Å². The molecule has 3 heterocycles. The maximum atomic E-state index is 14.0. The Morgan fingerprint density at radius 2 is 1.59 bits per heavy atom. The van der Waals surface area contributed by atoms with E-state index in [1.807, 2.05) is 4.90 Å². The van der Waals surface area contributed by atoms with Crippen molar-refractivity contribution in [2.45, 2.75) is 91.3 Å². The third-order valence-corrected chi connectivity index (χ3v) is 8.97. The predicted molar refractivity (Wildman–Crippen MR) is 155 cm³/mol. The molecular weight excluding hydrogens is 491 g/mol. The topological polar surface area (TPSA) is 47.1 Å². The van der Waals surface area contributed by atoms with Crippen LogP contribution in [0.3, 0.4) is 0 Å². The first-order valence-corrected chi connectivity index (χ1v) is 15.5. The molecule has 1 aromatic carbocycles. The molecule has 0 saturated carbocycles. The summed E-state index contributed by atoms with van der Waals surface area (Å²) in [5, 5.41) is 0. The highest BCUT2D eigenvalue weighted by Crippen LogP contribution is 2.28. The number of likely N-dealkylation sites (tertiary alicyclic amines) is 2. The third-order valence-electron chi connectivity index (χ3n) is 8.97. The molecular formula is C32H51FN4O2. The number of piperidine rings is 1. The van der Waals surface area contributed by atoms with Gasteiger partial charge in [0.25, 0.3) is 0 Å². The maximum Gasteiger partial charge on any atom is 0.245 e. The van der Waals surface area contributed by atoms with Crippen molar-refractivity contribution in [1.29, 1.82) is 0 Å². The van der Waals surface area contributed by atoms with Crippen molar-refractivity contribution in [2.24, 2.45) is 17.8 Å². The lowest BCUT2D eigenvalue weighted by Gasteiger charge is -2.45. The molecule has 3 aliphatic heterocycles. The van der Waals surface area contributed by atoms with Gasteiger partial charge >= 0.3 is 0 Å². The zero-order valence-corrected chi connectivity index (χ0v) is 24.8. The van der Waals surface area contributed by atoms with Crippen LogP contribution in [0.2, 0.25) is 0 Å². The van der Waals surface area contributed by atoms with Crippen molar-refractivity contribution in [3.8, 4) is 0 Å². The van der Waals surface area contributed by atoms with Gasteiger partial charge in [-0.3, -0.25) is 14.5 Å². The second-order valence-electron chi connectivity index (χ2n) is 13.0. The number of hydrogen-bond acceptors (Lipinski definition) is 4. The molecule has 0 N–H and O–H groups in total. The quantitative estimate of drug-likeness (QED) is 0.394. The summed E-state index contributed by atoms with van der Waals surface area (Å²) in [6.07, 6.45) is 7.51. The molecule has 6 nitrogen and oxygen atoms in total. The number of benzene rings is 1. The molecule has 3 saturated heterocycles. The van der Waals surface area contributed by atoms with Crippen LogP contribution in [0.5, 0.6) is 0 Å². The number of halogens is 1. The first-order valence-electron chi connectivity index (χ1n) is 15.5. The van der Waals surface area contributed by atoms with Crippen LogP contribution in [0.1, 0.15) is 78.2 Å². The molecule has 3 fully saturated rings. The number of hydrogen-bond donors (Lipinski definition) is 0. The lowest BCUT2D eigenvalue weighted by Crippen LogP contribution is -2.63. The normalized spacial score (nSPS) is 22.8. The van der Waals surface area contributed by atoms with Crippen LogP contribution in [0.25, 0.3) is 0 Å². The maximum absolute atomic E-state index is 14.0. The van der Waals surface area contributed by atoms with E-state index in [1.54, 1.807) is 12.1 Å². The van der Waals surface area contributed by atoms with Crippen molar-refractivity contribution in [1.82, 2.24) is 19.6 Å². The van der Waals surface area contributed by atoms with E-state index in [4.69, 9.17) is 0 Å². The molecule has 0 radical (unpaired) electrons. The Kier molecular flexibility index (Phi) is 10.8. The second-order valence-corrected chi connectivity index (χ2v) is 13.0. The minimum absolute atomic E-state index is 0.0801. The van der Waals surface area contributed by atoms with Crippen LogP contribution >= 0.6 is 0 Å². The standard InChI is InChI=1S/C32H51FN4O2/c1-24(2)21-29-32(39)37(20-19-36(29)23-27-7-9-28(33)10-8-27)30(22-25(3)4)31(38)35-17-12-26(13-18-35)11-16-34-14-5-6-15-34/h7-10,24-26,29-30H,5-6,11-23H2,1-4H3/t29-,30?/m0/s1. The third kappa shape index (κ3) is 8.26. The lowest BCUT2D eigenvalue weighted by molar-refractivity contribution is -0.155. The van der Waals surface area contributed by atoms with Gasteiger partial charge in [0, 0.05) is 32.7 Å². The Morgan fingerprint density at radius 3 is 2.21 bits per heavy atom. The fourth-order valence-corrected chi connectivity index (χ4v) is 6.70. The Morgan fingerprint density at radius 1 is 0.923 bits per heavy atom. The molecule has 2 amide bonds. The Balaban J connectivity index is 1.40. The molecule has 0 aliphatic carbocycles. The summed E-state index contributed by atoms with van der Waals surface area (Å²) in [7, 11) is 0. The second kappa shape index (κ2) is 14.1. The highest BCUT2D eigenvalue weighted by atomic mass is 19.1. The van der Waals surface area contributed by atoms with Gasteiger partial charge in [-0.15, -0.1) is 0 Å². The highest BCUT2D eigenvalue weighted by Gasteiger charge is 2.42. The van der Waals surface area contributed by atoms with E-state index < -0.39 is 0 Å². The van der Waals surface area contributed by atoms with Gasteiger partial charge in [-0.2, -0.15) is 0 Å². The molecule has 2 atom stereocenters. The number of carbonyl (C=O) groups is 2. The van der Waals surface area contributed by atoms with Crippen molar-refractivity contribution in [2.75, 3.05) is 45.8 Å². The van der Waals surface area contributed by atoms with Gasteiger partial charge in [0.2, 0.25) is 11.8 Å². The fourth-order valence-electron chi connectivity index (χ4n) is 6.70. The van der Waals surface area contributed by atoms with Gasteiger partial charge in [-0.1, -0.05) is 39.8 Å². The molecule has 0 bridgehead atoms. The van der Waals surface area contributed by atoms with E-state index in [0.717, 1.165) is 44.5 Å². The van der Waals surface area contributed by atoms with E-state index in [0.29, 0.717) is 37.3 Å². The van der Waals surface area contributed by atoms with E-state index in [2.05, 4.69) is 42.4 Å². The molecule has 218 valence electrons. The Hall–Kier alpha value is -1.99. The summed E-state index contributed by atoms with van der Waals surface area (Å²) in [4.78, 5) is 36.8. The Labute approximate surface area is 235 Å². The van der Waals surface area contributed by atoms with Crippen LogP contribution in [0.15, 0.2) is 24.3 Å². The SMILES string of the molecule is CC(C)CC(C(=O)N1CCC(CCN2CCCC2)CC1)N1CCN(Cc2ccc(F)cc2)[C@@H](CC(C)C)C1=O. The van der Waals surface area contributed by atoms with Gasteiger partial charge in [0.1, 0.15) is 11.9 Å². The van der Waals surface area contributed by atoms with Crippen molar-refractivity contribution in [3.05, 3.63) is 35.6 Å². The van der Waals surface area contributed by atoms with Crippen molar-refractivity contribution < 1.29 is 14.0 Å². The smallest absolute Gasteiger partial charge is 0.245 e. The number of piperazine rings is 1. The monoisotopic (exact) mass is 542 g/mol. The molecule has 7 heteroatoms. The minimum atomic E-state index is -0.388. The first kappa shape index (κ1) is 30.0. The molecule has 3 aliphatic rings. The van der Waals surface area contributed by atoms with Gasteiger partial charge < -0.3 is 14.7 Å². The summed E-state index contributed by atoms with van der Waals surface area (Å²) in [6, 6.07) is 5.93. The molecule has 1 unspecified atom stereocenters. The summed E-state index contributed by atoms with van der Waals surface area (Å²) in [5.41, 5.74) is 1.01. The molecule has 1 aromatic rings. The summed E-state index contributed by atoms with van der Waals surface area (Å²) >= 11 is 0. The molecule has 4 rings (SSSR count). The van der Waals surface area contributed by atoms with Crippen LogP contribution in [0.4, 0.5) is 4.39 Å². The summed E-state index contributed by atoms with van der Waals surface area (Å²) < 4.78 is 13.5. The molecule has 0 aromatic heterocycles. The lowest BCUT2D eigenvalue weighted by atomic mass is 9.91. The number of carbonyl (C=O) groups excluding carboxylic acids is 2.